The molecule has 0 unspecified atom stereocenters. The van der Waals surface area contributed by atoms with Gasteiger partial charge in [-0.05, 0) is 31.2 Å². The summed E-state index contributed by atoms with van der Waals surface area (Å²) < 4.78 is 0. The highest BCUT2D eigenvalue weighted by Gasteiger charge is 2.47. The standard InChI is InChI=1S/C21H24N4O2/c1-15(26)25-18-9-5-6-12-24(21(27)17-14-22-10-11-23-17)20(18)13-19(25)16-7-3-2-4-8-16/h2-4,7-8,10-11,14,18-20H,5-6,9,12-13H2,1H3/t18-,19-,20+/m0/s1. The monoisotopic (exact) mass is 364 g/mol. The first kappa shape index (κ1) is 17.6. The van der Waals surface area contributed by atoms with Crippen LogP contribution in [0.15, 0.2) is 48.9 Å². The summed E-state index contributed by atoms with van der Waals surface area (Å²) in [6.45, 7) is 2.34. The molecule has 0 spiro atoms. The van der Waals surface area contributed by atoms with Crippen molar-refractivity contribution in [2.45, 2.75) is 50.7 Å². The molecule has 0 radical (unpaired) electrons. The second kappa shape index (κ2) is 7.47. The van der Waals surface area contributed by atoms with Crippen LogP contribution in [-0.2, 0) is 4.79 Å². The van der Waals surface area contributed by atoms with Crippen LogP contribution in [0.3, 0.4) is 0 Å². The minimum Gasteiger partial charge on any atom is -0.332 e. The summed E-state index contributed by atoms with van der Waals surface area (Å²) in [7, 11) is 0. The summed E-state index contributed by atoms with van der Waals surface area (Å²) in [5, 5.41) is 0. The van der Waals surface area contributed by atoms with Crippen LogP contribution in [-0.4, -0.2) is 50.2 Å². The zero-order valence-electron chi connectivity index (χ0n) is 15.5. The van der Waals surface area contributed by atoms with Crippen LogP contribution in [0.25, 0.3) is 0 Å². The maximum absolute atomic E-state index is 13.1. The molecular weight excluding hydrogens is 340 g/mol. The fourth-order valence-corrected chi connectivity index (χ4v) is 4.62. The molecule has 2 aliphatic heterocycles. The predicted octanol–water partition coefficient (Wildman–Crippen LogP) is 2.83. The lowest BCUT2D eigenvalue weighted by Gasteiger charge is -2.33. The van der Waals surface area contributed by atoms with Crippen LogP contribution in [0, 0.1) is 0 Å². The van der Waals surface area contributed by atoms with Crippen molar-refractivity contribution in [1.29, 1.82) is 0 Å². The number of benzene rings is 1. The van der Waals surface area contributed by atoms with Crippen LogP contribution in [0.1, 0.15) is 54.7 Å². The van der Waals surface area contributed by atoms with E-state index in [0.29, 0.717) is 12.2 Å². The predicted molar refractivity (Wildman–Crippen MR) is 101 cm³/mol. The second-order valence-electron chi connectivity index (χ2n) is 7.31. The van der Waals surface area contributed by atoms with Gasteiger partial charge in [-0.25, -0.2) is 4.98 Å². The Kier molecular flexibility index (Phi) is 4.88. The van der Waals surface area contributed by atoms with Crippen LogP contribution < -0.4 is 0 Å². The maximum atomic E-state index is 13.1. The Hall–Kier alpha value is -2.76. The molecule has 1 aromatic carbocycles. The number of carbonyl (C=O) groups is 2. The van der Waals surface area contributed by atoms with Gasteiger partial charge in [0.05, 0.1) is 24.3 Å². The van der Waals surface area contributed by atoms with Crippen molar-refractivity contribution < 1.29 is 9.59 Å². The lowest BCUT2D eigenvalue weighted by Crippen LogP contribution is -2.48. The molecule has 140 valence electrons. The number of likely N-dealkylation sites (tertiary alicyclic amines) is 2. The maximum Gasteiger partial charge on any atom is 0.274 e. The highest BCUT2D eigenvalue weighted by Crippen LogP contribution is 2.42. The Balaban J connectivity index is 1.69. The van der Waals surface area contributed by atoms with Crippen LogP contribution >= 0.6 is 0 Å². The molecule has 1 aromatic heterocycles. The normalized spacial score (nSPS) is 25.0. The van der Waals surface area contributed by atoms with Gasteiger partial charge in [0, 0.05) is 25.9 Å². The molecule has 0 N–H and O–H groups in total. The van der Waals surface area contributed by atoms with E-state index < -0.39 is 0 Å². The number of rotatable bonds is 2. The van der Waals surface area contributed by atoms with Gasteiger partial charge in [0.1, 0.15) is 5.69 Å². The quantitative estimate of drug-likeness (QED) is 0.822. The van der Waals surface area contributed by atoms with Crippen molar-refractivity contribution in [2.75, 3.05) is 6.54 Å². The fraction of sp³-hybridized carbons (Fsp3) is 0.429. The van der Waals surface area contributed by atoms with Gasteiger partial charge in [0.15, 0.2) is 0 Å². The number of aromatic nitrogens is 2. The minimum absolute atomic E-state index is 0.00829. The van der Waals surface area contributed by atoms with E-state index in [1.54, 1.807) is 19.3 Å². The zero-order chi connectivity index (χ0) is 18.8. The third-order valence-electron chi connectivity index (χ3n) is 5.74. The molecule has 4 rings (SSSR count). The fourth-order valence-electron chi connectivity index (χ4n) is 4.62. The van der Waals surface area contributed by atoms with E-state index in [-0.39, 0.29) is 29.9 Å². The van der Waals surface area contributed by atoms with Gasteiger partial charge in [-0.3, -0.25) is 14.6 Å². The molecular formula is C21H24N4O2. The van der Waals surface area contributed by atoms with Gasteiger partial charge in [0.25, 0.3) is 5.91 Å². The lowest BCUT2D eigenvalue weighted by molar-refractivity contribution is -0.132. The Morgan fingerprint density at radius 2 is 1.89 bits per heavy atom. The summed E-state index contributed by atoms with van der Waals surface area (Å²) >= 11 is 0. The summed E-state index contributed by atoms with van der Waals surface area (Å²) in [6, 6.07) is 10.2. The zero-order valence-corrected chi connectivity index (χ0v) is 15.5. The topological polar surface area (TPSA) is 66.4 Å². The molecule has 2 saturated heterocycles. The van der Waals surface area contributed by atoms with Crippen LogP contribution in [0.5, 0.6) is 0 Å². The van der Waals surface area contributed by atoms with Gasteiger partial charge in [-0.1, -0.05) is 30.3 Å². The highest BCUT2D eigenvalue weighted by atomic mass is 16.2. The third-order valence-corrected chi connectivity index (χ3v) is 5.74. The number of amides is 2. The summed E-state index contributed by atoms with van der Waals surface area (Å²) in [5.74, 6) is -0.0117. The lowest BCUT2D eigenvalue weighted by atomic mass is 10.0. The smallest absolute Gasteiger partial charge is 0.274 e. The molecule has 0 saturated carbocycles. The average molecular weight is 364 g/mol. The molecule has 27 heavy (non-hydrogen) atoms. The molecule has 3 heterocycles. The molecule has 0 aliphatic carbocycles. The molecule has 6 nitrogen and oxygen atoms in total. The van der Waals surface area contributed by atoms with Gasteiger partial charge >= 0.3 is 0 Å². The van der Waals surface area contributed by atoms with E-state index in [2.05, 4.69) is 22.1 Å². The summed E-state index contributed by atoms with van der Waals surface area (Å²) in [5.41, 5.74) is 1.50. The molecule has 2 fully saturated rings. The van der Waals surface area contributed by atoms with E-state index in [9.17, 15) is 9.59 Å². The Bertz CT molecular complexity index is 811. The highest BCUT2D eigenvalue weighted by molar-refractivity contribution is 5.92. The van der Waals surface area contributed by atoms with Gasteiger partial charge in [-0.15, -0.1) is 0 Å². The van der Waals surface area contributed by atoms with Crippen LogP contribution in [0.2, 0.25) is 0 Å². The van der Waals surface area contributed by atoms with Gasteiger partial charge in [-0.2, -0.15) is 0 Å². The van der Waals surface area contributed by atoms with Gasteiger partial charge < -0.3 is 9.80 Å². The molecule has 0 bridgehead atoms. The van der Waals surface area contributed by atoms with Crippen molar-refractivity contribution in [1.82, 2.24) is 19.8 Å². The number of carbonyl (C=O) groups excluding carboxylic acids is 2. The Morgan fingerprint density at radius 3 is 2.59 bits per heavy atom. The number of nitrogens with zero attached hydrogens (tertiary/aromatic N) is 4. The second-order valence-corrected chi connectivity index (χ2v) is 7.31. The van der Waals surface area contributed by atoms with Crippen molar-refractivity contribution >= 4 is 11.8 Å². The summed E-state index contributed by atoms with van der Waals surface area (Å²) in [4.78, 5) is 37.8. The van der Waals surface area contributed by atoms with Crippen LogP contribution in [0.4, 0.5) is 0 Å². The third kappa shape index (κ3) is 3.31. The van der Waals surface area contributed by atoms with E-state index in [1.165, 1.54) is 6.20 Å². The molecule has 6 heteroatoms. The van der Waals surface area contributed by atoms with E-state index in [1.807, 2.05) is 28.0 Å². The van der Waals surface area contributed by atoms with Crippen molar-refractivity contribution in [3.63, 3.8) is 0 Å². The van der Waals surface area contributed by atoms with Gasteiger partial charge in [0.2, 0.25) is 5.91 Å². The molecule has 2 aromatic rings. The first-order valence-electron chi connectivity index (χ1n) is 9.57. The number of fused-ring (bicyclic) bond motifs is 1. The number of hydrogen-bond donors (Lipinski definition) is 0. The van der Waals surface area contributed by atoms with E-state index >= 15 is 0 Å². The number of hydrogen-bond acceptors (Lipinski definition) is 4. The first-order chi connectivity index (χ1) is 13.2. The van der Waals surface area contributed by atoms with Crippen molar-refractivity contribution in [2.24, 2.45) is 0 Å². The first-order valence-corrected chi connectivity index (χ1v) is 9.57. The summed E-state index contributed by atoms with van der Waals surface area (Å²) in [6.07, 6.45) is 8.29. The Labute approximate surface area is 159 Å². The largest absolute Gasteiger partial charge is 0.332 e. The van der Waals surface area contributed by atoms with Crippen molar-refractivity contribution in [3.8, 4) is 0 Å². The van der Waals surface area contributed by atoms with E-state index in [4.69, 9.17) is 0 Å². The van der Waals surface area contributed by atoms with E-state index in [0.717, 1.165) is 31.2 Å². The average Bonchev–Trinajstić information content (AvgIpc) is 2.97. The minimum atomic E-state index is -0.0859. The Morgan fingerprint density at radius 1 is 1.07 bits per heavy atom. The van der Waals surface area contributed by atoms with Crippen molar-refractivity contribution in [3.05, 3.63) is 60.2 Å². The molecule has 2 amide bonds. The molecule has 2 aliphatic rings. The molecule has 3 atom stereocenters. The SMILES string of the molecule is CC(=O)N1[C@H](c2ccccc2)C[C@@H]2[C@@H]1CCCCN2C(=O)c1cnccn1.